The number of allylic oxidation sites excluding steroid dienone is 2. The molecule has 4 aliphatic carbocycles. The van der Waals surface area contributed by atoms with Gasteiger partial charge in [-0.25, -0.2) is 0 Å². The minimum absolute atomic E-state index is 0.618. The van der Waals surface area contributed by atoms with Crippen LogP contribution in [0.15, 0.2) is 11.6 Å². The molecule has 3 unspecified atom stereocenters. The van der Waals surface area contributed by atoms with E-state index in [2.05, 4.69) is 19.9 Å². The molecule has 0 aromatic heterocycles. The van der Waals surface area contributed by atoms with Crippen molar-refractivity contribution in [2.24, 2.45) is 28.6 Å². The predicted molar refractivity (Wildman–Crippen MR) is 76.3 cm³/mol. The quantitative estimate of drug-likeness (QED) is 0.505. The fraction of sp³-hybridized carbons (Fsp3) is 0.889. The minimum atomic E-state index is 0.618. The maximum absolute atomic E-state index is 2.61. The molecule has 100 valence electrons. The van der Waals surface area contributed by atoms with E-state index in [1.165, 1.54) is 51.4 Å². The van der Waals surface area contributed by atoms with E-state index < -0.39 is 0 Å². The van der Waals surface area contributed by atoms with Crippen molar-refractivity contribution in [3.8, 4) is 0 Å². The van der Waals surface area contributed by atoms with E-state index in [4.69, 9.17) is 0 Å². The number of hydrogen-bond acceptors (Lipinski definition) is 0. The minimum Gasteiger partial charge on any atom is -0.0847 e. The van der Waals surface area contributed by atoms with E-state index in [0.717, 1.165) is 23.2 Å². The van der Waals surface area contributed by atoms with Crippen molar-refractivity contribution >= 4 is 0 Å². The Kier molecular flexibility index (Phi) is 2.34. The molecule has 0 aromatic carbocycles. The van der Waals surface area contributed by atoms with Gasteiger partial charge in [0.2, 0.25) is 0 Å². The molecule has 0 saturated heterocycles. The second-order valence-electron chi connectivity index (χ2n) is 8.19. The first-order valence-electron chi connectivity index (χ1n) is 8.33. The van der Waals surface area contributed by atoms with E-state index >= 15 is 0 Å². The van der Waals surface area contributed by atoms with Crippen molar-refractivity contribution in [3.05, 3.63) is 11.6 Å². The van der Waals surface area contributed by atoms with Crippen molar-refractivity contribution in [1.82, 2.24) is 0 Å². The highest BCUT2D eigenvalue weighted by atomic mass is 14.6. The Bertz CT molecular complexity index is 393. The Balaban J connectivity index is 1.69. The lowest BCUT2D eigenvalue weighted by atomic mass is 9.49. The largest absolute Gasteiger partial charge is 0.0847 e. The second-order valence-corrected chi connectivity index (χ2v) is 8.19. The maximum atomic E-state index is 2.61. The van der Waals surface area contributed by atoms with Gasteiger partial charge in [-0.15, -0.1) is 0 Å². The Morgan fingerprint density at radius 2 is 1.89 bits per heavy atom. The van der Waals surface area contributed by atoms with Gasteiger partial charge in [0.1, 0.15) is 0 Å². The summed E-state index contributed by atoms with van der Waals surface area (Å²) in [4.78, 5) is 0. The van der Waals surface area contributed by atoms with Crippen LogP contribution in [0.2, 0.25) is 0 Å². The van der Waals surface area contributed by atoms with E-state index in [1.807, 2.05) is 5.57 Å². The molecular formula is C18H28. The van der Waals surface area contributed by atoms with Gasteiger partial charge in [-0.1, -0.05) is 31.9 Å². The van der Waals surface area contributed by atoms with E-state index in [-0.39, 0.29) is 0 Å². The summed E-state index contributed by atoms with van der Waals surface area (Å²) < 4.78 is 0. The number of hydrogen-bond donors (Lipinski definition) is 0. The highest BCUT2D eigenvalue weighted by Gasteiger charge is 2.55. The summed E-state index contributed by atoms with van der Waals surface area (Å²) >= 11 is 0. The van der Waals surface area contributed by atoms with Crippen LogP contribution in [0.1, 0.15) is 71.6 Å². The lowest BCUT2D eigenvalue weighted by molar-refractivity contribution is -0.0293. The van der Waals surface area contributed by atoms with Crippen LogP contribution in [0.3, 0.4) is 0 Å². The molecular weight excluding hydrogens is 216 g/mol. The zero-order valence-electron chi connectivity index (χ0n) is 12.2. The molecule has 3 fully saturated rings. The first-order chi connectivity index (χ1) is 8.63. The third-order valence-electron chi connectivity index (χ3n) is 7.57. The van der Waals surface area contributed by atoms with Crippen LogP contribution in [-0.4, -0.2) is 0 Å². The molecule has 0 radical (unpaired) electrons. The van der Waals surface area contributed by atoms with Crippen LogP contribution in [0.5, 0.6) is 0 Å². The van der Waals surface area contributed by atoms with Crippen molar-refractivity contribution in [2.45, 2.75) is 71.6 Å². The predicted octanol–water partition coefficient (Wildman–Crippen LogP) is 5.34. The van der Waals surface area contributed by atoms with Gasteiger partial charge < -0.3 is 0 Å². The van der Waals surface area contributed by atoms with E-state index in [1.54, 1.807) is 6.42 Å². The molecule has 0 heteroatoms. The Morgan fingerprint density at radius 3 is 2.78 bits per heavy atom. The molecule has 0 bridgehead atoms. The SMILES string of the molecule is C[C@@]12CCCC1C1CCC3=CCC[C@]3(C)C1CC2. The lowest BCUT2D eigenvalue weighted by Gasteiger charge is -2.55. The molecule has 4 aliphatic rings. The highest BCUT2D eigenvalue weighted by Crippen LogP contribution is 2.65. The van der Waals surface area contributed by atoms with Gasteiger partial charge in [-0.2, -0.15) is 0 Å². The molecule has 18 heavy (non-hydrogen) atoms. The van der Waals surface area contributed by atoms with Crippen molar-refractivity contribution in [1.29, 1.82) is 0 Å². The molecule has 0 N–H and O–H groups in total. The first kappa shape index (κ1) is 11.6. The molecule has 5 atom stereocenters. The van der Waals surface area contributed by atoms with E-state index in [9.17, 15) is 0 Å². The summed E-state index contributed by atoms with van der Waals surface area (Å²) in [5.74, 6) is 3.19. The second kappa shape index (κ2) is 3.64. The van der Waals surface area contributed by atoms with Crippen LogP contribution < -0.4 is 0 Å². The normalized spacial score (nSPS) is 54.6. The topological polar surface area (TPSA) is 0 Å². The van der Waals surface area contributed by atoms with Gasteiger partial charge in [0.25, 0.3) is 0 Å². The van der Waals surface area contributed by atoms with Crippen molar-refractivity contribution in [2.75, 3.05) is 0 Å². The maximum Gasteiger partial charge on any atom is -0.00825 e. The van der Waals surface area contributed by atoms with E-state index in [0.29, 0.717) is 5.41 Å². The zero-order valence-corrected chi connectivity index (χ0v) is 12.2. The summed E-state index contributed by atoms with van der Waals surface area (Å²) in [5.41, 5.74) is 3.20. The summed E-state index contributed by atoms with van der Waals surface area (Å²) in [6.07, 6.45) is 16.0. The Labute approximate surface area is 112 Å². The van der Waals surface area contributed by atoms with Gasteiger partial charge in [0.05, 0.1) is 0 Å². The fourth-order valence-corrected chi connectivity index (χ4v) is 6.55. The molecule has 0 nitrogen and oxygen atoms in total. The third-order valence-corrected chi connectivity index (χ3v) is 7.57. The summed E-state index contributed by atoms with van der Waals surface area (Å²) in [6.45, 7) is 5.23. The van der Waals surface area contributed by atoms with Gasteiger partial charge in [0.15, 0.2) is 0 Å². The first-order valence-corrected chi connectivity index (χ1v) is 8.33. The van der Waals surface area contributed by atoms with Crippen LogP contribution in [-0.2, 0) is 0 Å². The third kappa shape index (κ3) is 1.33. The average molecular weight is 244 g/mol. The molecule has 0 spiro atoms. The fourth-order valence-electron chi connectivity index (χ4n) is 6.55. The molecule has 0 amide bonds. The zero-order chi connectivity index (χ0) is 12.4. The average Bonchev–Trinajstić information content (AvgIpc) is 2.90. The van der Waals surface area contributed by atoms with Crippen molar-refractivity contribution < 1.29 is 0 Å². The summed E-state index contributed by atoms with van der Waals surface area (Å²) in [5, 5.41) is 0. The summed E-state index contributed by atoms with van der Waals surface area (Å²) in [6, 6.07) is 0. The van der Waals surface area contributed by atoms with Crippen LogP contribution in [0.25, 0.3) is 0 Å². The molecule has 3 saturated carbocycles. The van der Waals surface area contributed by atoms with Gasteiger partial charge in [-0.05, 0) is 80.0 Å². The Morgan fingerprint density at radius 1 is 1.00 bits per heavy atom. The van der Waals surface area contributed by atoms with Crippen molar-refractivity contribution in [3.63, 3.8) is 0 Å². The lowest BCUT2D eigenvalue weighted by Crippen LogP contribution is -2.47. The number of fused-ring (bicyclic) bond motifs is 5. The van der Waals surface area contributed by atoms with Crippen LogP contribution >= 0.6 is 0 Å². The van der Waals surface area contributed by atoms with Gasteiger partial charge in [-0.3, -0.25) is 0 Å². The smallest absolute Gasteiger partial charge is 0.00825 e. The van der Waals surface area contributed by atoms with Gasteiger partial charge in [0, 0.05) is 0 Å². The highest BCUT2D eigenvalue weighted by molar-refractivity contribution is 5.25. The monoisotopic (exact) mass is 244 g/mol. The Hall–Kier alpha value is -0.260. The molecule has 0 aliphatic heterocycles. The number of rotatable bonds is 0. The van der Waals surface area contributed by atoms with Crippen LogP contribution in [0.4, 0.5) is 0 Å². The molecule has 0 aromatic rings. The molecule has 0 heterocycles. The van der Waals surface area contributed by atoms with Gasteiger partial charge >= 0.3 is 0 Å². The summed E-state index contributed by atoms with van der Waals surface area (Å²) in [7, 11) is 0. The molecule has 4 rings (SSSR count). The van der Waals surface area contributed by atoms with Crippen LogP contribution in [0, 0.1) is 28.6 Å². The standard InChI is InChI=1S/C18H28/c1-17-10-4-6-15(17)14-8-7-13-5-3-11-18(13,2)16(14)9-12-17/h5,14-16H,3-4,6-12H2,1-2H3/t14?,15?,16?,17-,18-/m0/s1.